The molecular formula is C14H12BrFN2O. The van der Waals surface area contributed by atoms with Crippen molar-refractivity contribution < 1.29 is 9.18 Å². The van der Waals surface area contributed by atoms with E-state index in [0.29, 0.717) is 15.8 Å². The number of aryl methyl sites for hydroxylation is 1. The van der Waals surface area contributed by atoms with E-state index in [-0.39, 0.29) is 0 Å². The van der Waals surface area contributed by atoms with E-state index in [1.807, 2.05) is 18.2 Å². The van der Waals surface area contributed by atoms with E-state index in [0.717, 1.165) is 5.56 Å². The summed E-state index contributed by atoms with van der Waals surface area (Å²) in [6.45, 7) is 1.79. The van der Waals surface area contributed by atoms with E-state index in [1.165, 1.54) is 6.07 Å². The van der Waals surface area contributed by atoms with Crippen molar-refractivity contribution in [1.82, 2.24) is 0 Å². The number of carbonyl (C=O) groups excluding carboxylic acids is 1. The predicted octanol–water partition coefficient (Wildman–Crippen LogP) is 4.54. The summed E-state index contributed by atoms with van der Waals surface area (Å²) in [5.41, 5.74) is 1.89. The highest BCUT2D eigenvalue weighted by molar-refractivity contribution is 9.10. The van der Waals surface area contributed by atoms with Crippen LogP contribution in [0.3, 0.4) is 0 Å². The van der Waals surface area contributed by atoms with Crippen LogP contribution in [0.5, 0.6) is 0 Å². The average molecular weight is 323 g/mol. The molecule has 0 atom stereocenters. The van der Waals surface area contributed by atoms with E-state index >= 15 is 0 Å². The van der Waals surface area contributed by atoms with Gasteiger partial charge in [0.15, 0.2) is 0 Å². The third-order valence-corrected chi connectivity index (χ3v) is 3.15. The van der Waals surface area contributed by atoms with Gasteiger partial charge in [0.1, 0.15) is 5.82 Å². The summed E-state index contributed by atoms with van der Waals surface area (Å²) < 4.78 is 13.8. The molecule has 0 bridgehead atoms. The van der Waals surface area contributed by atoms with Gasteiger partial charge in [-0.1, -0.05) is 18.2 Å². The molecule has 2 aromatic carbocycles. The highest BCUT2D eigenvalue weighted by Gasteiger charge is 2.08. The fourth-order valence-electron chi connectivity index (χ4n) is 1.59. The molecule has 0 spiro atoms. The standard InChI is InChI=1S/C14H12BrFN2O/c1-9-7-11(15)12(16)8-13(9)18-14(19)17-10-5-3-2-4-6-10/h2-8H,1H3,(H2,17,18,19). The molecule has 0 radical (unpaired) electrons. The minimum absolute atomic E-state index is 0.374. The lowest BCUT2D eigenvalue weighted by molar-refractivity contribution is 0.262. The second-order valence-corrected chi connectivity index (χ2v) is 4.88. The summed E-state index contributed by atoms with van der Waals surface area (Å²) in [5.74, 6) is -0.416. The predicted molar refractivity (Wildman–Crippen MR) is 77.9 cm³/mol. The van der Waals surface area contributed by atoms with Gasteiger partial charge in [0.2, 0.25) is 0 Å². The third-order valence-electron chi connectivity index (χ3n) is 2.55. The molecule has 0 saturated carbocycles. The van der Waals surface area contributed by atoms with Gasteiger partial charge in [-0.25, -0.2) is 9.18 Å². The Labute approximate surface area is 119 Å². The molecule has 98 valence electrons. The molecule has 0 aliphatic carbocycles. The Morgan fingerprint density at radius 2 is 1.84 bits per heavy atom. The Kier molecular flexibility index (Phi) is 4.16. The van der Waals surface area contributed by atoms with E-state index in [4.69, 9.17) is 0 Å². The lowest BCUT2D eigenvalue weighted by atomic mass is 10.2. The number of rotatable bonds is 2. The Balaban J connectivity index is 2.09. The van der Waals surface area contributed by atoms with Crippen LogP contribution in [0.15, 0.2) is 46.9 Å². The molecule has 0 aliphatic rings. The van der Waals surface area contributed by atoms with E-state index in [9.17, 15) is 9.18 Å². The molecule has 2 amide bonds. The number of hydrogen-bond donors (Lipinski definition) is 2. The number of hydrogen-bond acceptors (Lipinski definition) is 1. The van der Waals surface area contributed by atoms with Crippen LogP contribution in [0.25, 0.3) is 0 Å². The maximum atomic E-state index is 13.4. The monoisotopic (exact) mass is 322 g/mol. The molecule has 0 aliphatic heterocycles. The molecule has 0 fully saturated rings. The Bertz CT molecular complexity index is 602. The SMILES string of the molecule is Cc1cc(Br)c(F)cc1NC(=O)Nc1ccccc1. The van der Waals surface area contributed by atoms with Crippen LogP contribution in [0.4, 0.5) is 20.6 Å². The summed E-state index contributed by atoms with van der Waals surface area (Å²) in [7, 11) is 0. The number of anilines is 2. The number of nitrogens with one attached hydrogen (secondary N) is 2. The number of para-hydroxylation sites is 1. The first-order valence-corrected chi connectivity index (χ1v) is 6.44. The summed E-state index contributed by atoms with van der Waals surface area (Å²) in [6, 6.07) is 11.5. The number of benzene rings is 2. The second-order valence-electron chi connectivity index (χ2n) is 4.03. The number of halogens is 2. The van der Waals surface area contributed by atoms with Crippen molar-refractivity contribution in [3.8, 4) is 0 Å². The largest absolute Gasteiger partial charge is 0.323 e. The van der Waals surface area contributed by atoms with Crippen LogP contribution < -0.4 is 10.6 Å². The first kappa shape index (κ1) is 13.5. The summed E-state index contributed by atoms with van der Waals surface area (Å²) in [6.07, 6.45) is 0. The zero-order chi connectivity index (χ0) is 13.8. The highest BCUT2D eigenvalue weighted by atomic mass is 79.9. The molecule has 0 aromatic heterocycles. The molecular weight excluding hydrogens is 311 g/mol. The number of amides is 2. The van der Waals surface area contributed by atoms with Crippen LogP contribution in [-0.2, 0) is 0 Å². The molecule has 3 nitrogen and oxygen atoms in total. The van der Waals surface area contributed by atoms with E-state index < -0.39 is 11.8 Å². The molecule has 0 saturated heterocycles. The maximum Gasteiger partial charge on any atom is 0.323 e. The van der Waals surface area contributed by atoms with Crippen molar-refractivity contribution in [2.75, 3.05) is 10.6 Å². The third kappa shape index (κ3) is 3.54. The maximum absolute atomic E-state index is 13.4. The van der Waals surface area contributed by atoms with Gasteiger partial charge in [-0.05, 0) is 52.7 Å². The fourth-order valence-corrected chi connectivity index (χ4v) is 2.04. The van der Waals surface area contributed by atoms with Gasteiger partial charge in [0.25, 0.3) is 0 Å². The lowest BCUT2D eigenvalue weighted by Crippen LogP contribution is -2.20. The van der Waals surface area contributed by atoms with Crippen LogP contribution >= 0.6 is 15.9 Å². The van der Waals surface area contributed by atoms with Gasteiger partial charge >= 0.3 is 6.03 Å². The van der Waals surface area contributed by atoms with Crippen LogP contribution in [0, 0.1) is 12.7 Å². The summed E-state index contributed by atoms with van der Waals surface area (Å²) in [5, 5.41) is 5.28. The highest BCUT2D eigenvalue weighted by Crippen LogP contribution is 2.24. The molecule has 0 heterocycles. The molecule has 2 rings (SSSR count). The van der Waals surface area contributed by atoms with Crippen molar-refractivity contribution in [2.24, 2.45) is 0 Å². The van der Waals surface area contributed by atoms with E-state index in [1.54, 1.807) is 25.1 Å². The Morgan fingerprint density at radius 3 is 2.53 bits per heavy atom. The van der Waals surface area contributed by atoms with Gasteiger partial charge in [-0.2, -0.15) is 0 Å². The van der Waals surface area contributed by atoms with E-state index in [2.05, 4.69) is 26.6 Å². The zero-order valence-corrected chi connectivity index (χ0v) is 11.8. The topological polar surface area (TPSA) is 41.1 Å². The van der Waals surface area contributed by atoms with Gasteiger partial charge in [0.05, 0.1) is 4.47 Å². The van der Waals surface area contributed by atoms with Crippen molar-refractivity contribution >= 4 is 33.3 Å². The van der Waals surface area contributed by atoms with Crippen LogP contribution in [0.2, 0.25) is 0 Å². The van der Waals surface area contributed by atoms with Crippen LogP contribution in [0.1, 0.15) is 5.56 Å². The smallest absolute Gasteiger partial charge is 0.308 e. The van der Waals surface area contributed by atoms with Crippen molar-refractivity contribution in [3.63, 3.8) is 0 Å². The minimum Gasteiger partial charge on any atom is -0.308 e. The molecule has 0 unspecified atom stereocenters. The van der Waals surface area contributed by atoms with Gasteiger partial charge in [-0.15, -0.1) is 0 Å². The van der Waals surface area contributed by atoms with Gasteiger partial charge in [0, 0.05) is 11.4 Å². The van der Waals surface area contributed by atoms with Gasteiger partial charge < -0.3 is 10.6 Å². The number of urea groups is 1. The summed E-state index contributed by atoms with van der Waals surface area (Å²) in [4.78, 5) is 11.8. The quantitative estimate of drug-likeness (QED) is 0.837. The Morgan fingerprint density at radius 1 is 1.16 bits per heavy atom. The van der Waals surface area contributed by atoms with Crippen molar-refractivity contribution in [3.05, 3.63) is 58.3 Å². The average Bonchev–Trinajstić information content (AvgIpc) is 2.37. The van der Waals surface area contributed by atoms with Crippen molar-refractivity contribution in [1.29, 1.82) is 0 Å². The zero-order valence-electron chi connectivity index (χ0n) is 10.2. The molecule has 2 N–H and O–H groups in total. The Hall–Kier alpha value is -1.88. The fraction of sp³-hybridized carbons (Fsp3) is 0.0714. The normalized spacial score (nSPS) is 10.1. The first-order chi connectivity index (χ1) is 9.06. The molecule has 19 heavy (non-hydrogen) atoms. The van der Waals surface area contributed by atoms with Crippen LogP contribution in [-0.4, -0.2) is 6.03 Å². The number of carbonyl (C=O) groups is 1. The minimum atomic E-state index is -0.416. The summed E-state index contributed by atoms with van der Waals surface area (Å²) >= 11 is 3.10. The second kappa shape index (κ2) is 5.84. The molecule has 5 heteroatoms. The van der Waals surface area contributed by atoms with Crippen molar-refractivity contribution in [2.45, 2.75) is 6.92 Å². The van der Waals surface area contributed by atoms with Gasteiger partial charge in [-0.3, -0.25) is 0 Å². The first-order valence-electron chi connectivity index (χ1n) is 5.65. The lowest BCUT2D eigenvalue weighted by Gasteiger charge is -2.10. The molecule has 2 aromatic rings.